The normalized spacial score (nSPS) is 15.5. The fourth-order valence-corrected chi connectivity index (χ4v) is 3.83. The number of fused-ring (bicyclic) bond motifs is 1. The summed E-state index contributed by atoms with van der Waals surface area (Å²) in [6, 6.07) is 7.71. The number of rotatable bonds is 7. The fraction of sp³-hybridized carbons (Fsp3) is 0.500. The summed E-state index contributed by atoms with van der Waals surface area (Å²) >= 11 is 1.45. The molecule has 1 fully saturated rings. The van der Waals surface area contributed by atoms with Gasteiger partial charge in [0.1, 0.15) is 10.6 Å². The van der Waals surface area contributed by atoms with E-state index in [4.69, 9.17) is 9.47 Å². The van der Waals surface area contributed by atoms with Gasteiger partial charge in [-0.05, 0) is 49.0 Å². The van der Waals surface area contributed by atoms with E-state index in [1.54, 1.807) is 7.11 Å². The molecule has 1 aromatic carbocycles. The first-order valence-corrected chi connectivity index (χ1v) is 9.26. The van der Waals surface area contributed by atoms with Crippen LogP contribution in [0.3, 0.4) is 0 Å². The lowest BCUT2D eigenvalue weighted by Gasteiger charge is -2.26. The first-order chi connectivity index (χ1) is 11.8. The molecular weight excluding hydrogens is 324 g/mol. The largest absolute Gasteiger partial charge is 0.497 e. The summed E-state index contributed by atoms with van der Waals surface area (Å²) in [7, 11) is 1.64. The Bertz CT molecular complexity index is 680. The van der Waals surface area contributed by atoms with Crippen LogP contribution in [-0.2, 0) is 4.74 Å². The third kappa shape index (κ3) is 4.47. The van der Waals surface area contributed by atoms with Gasteiger partial charge in [-0.2, -0.15) is 0 Å². The molecule has 1 aliphatic heterocycles. The van der Waals surface area contributed by atoms with Crippen molar-refractivity contribution in [1.29, 1.82) is 0 Å². The van der Waals surface area contributed by atoms with Gasteiger partial charge in [-0.3, -0.25) is 0 Å². The molecule has 1 saturated heterocycles. The summed E-state index contributed by atoms with van der Waals surface area (Å²) < 4.78 is 11.7. The van der Waals surface area contributed by atoms with Crippen LogP contribution in [0.5, 0.6) is 5.75 Å². The van der Waals surface area contributed by atoms with E-state index in [-0.39, 0.29) is 5.97 Å². The van der Waals surface area contributed by atoms with Crippen LogP contribution < -0.4 is 10.1 Å². The molecular formula is C18H24N2O3S. The summed E-state index contributed by atoms with van der Waals surface area (Å²) in [5.74, 6) is 0.578. The van der Waals surface area contributed by atoms with E-state index in [1.165, 1.54) is 11.3 Å². The summed E-state index contributed by atoms with van der Waals surface area (Å²) in [5.41, 5.74) is 0. The summed E-state index contributed by atoms with van der Waals surface area (Å²) in [6.07, 6.45) is 1.98. The number of carbonyl (C=O) groups excluding carboxylic acids is 1. The molecule has 1 N–H and O–H groups in total. The van der Waals surface area contributed by atoms with E-state index >= 15 is 0 Å². The van der Waals surface area contributed by atoms with Gasteiger partial charge in [-0.25, -0.2) is 4.79 Å². The molecule has 1 aliphatic rings. The van der Waals surface area contributed by atoms with Crippen molar-refractivity contribution >= 4 is 27.4 Å². The molecule has 0 bridgehead atoms. The van der Waals surface area contributed by atoms with Crippen LogP contribution >= 0.6 is 11.3 Å². The molecule has 0 aliphatic carbocycles. The van der Waals surface area contributed by atoms with Crippen molar-refractivity contribution in [1.82, 2.24) is 10.2 Å². The summed E-state index contributed by atoms with van der Waals surface area (Å²) in [4.78, 5) is 15.3. The number of nitrogens with one attached hydrogen (secondary N) is 1. The number of nitrogens with zero attached hydrogens (tertiary/aromatic N) is 1. The zero-order chi connectivity index (χ0) is 16.8. The molecule has 0 atom stereocenters. The van der Waals surface area contributed by atoms with Gasteiger partial charge in [-0.1, -0.05) is 0 Å². The van der Waals surface area contributed by atoms with Gasteiger partial charge in [0, 0.05) is 30.9 Å². The molecule has 5 nitrogen and oxygen atoms in total. The number of hydrogen-bond donors (Lipinski definition) is 1. The summed E-state index contributed by atoms with van der Waals surface area (Å²) in [6.45, 7) is 5.96. The van der Waals surface area contributed by atoms with Gasteiger partial charge in [0.2, 0.25) is 0 Å². The van der Waals surface area contributed by atoms with Crippen molar-refractivity contribution in [3.8, 4) is 5.75 Å². The van der Waals surface area contributed by atoms with Crippen molar-refractivity contribution in [2.75, 3.05) is 46.4 Å². The van der Waals surface area contributed by atoms with Gasteiger partial charge < -0.3 is 19.7 Å². The van der Waals surface area contributed by atoms with Crippen LogP contribution in [0.15, 0.2) is 24.3 Å². The second-order valence-corrected chi connectivity index (χ2v) is 7.03. The first kappa shape index (κ1) is 17.2. The molecule has 0 spiro atoms. The number of piperazine rings is 1. The molecule has 2 aromatic rings. The molecule has 130 valence electrons. The summed E-state index contributed by atoms with van der Waals surface area (Å²) in [5, 5.41) is 4.40. The Kier molecular flexibility index (Phi) is 6.07. The van der Waals surface area contributed by atoms with E-state index in [0.29, 0.717) is 11.5 Å². The zero-order valence-corrected chi connectivity index (χ0v) is 14.9. The molecule has 6 heteroatoms. The number of hydrogen-bond acceptors (Lipinski definition) is 6. The van der Waals surface area contributed by atoms with Crippen molar-refractivity contribution in [3.63, 3.8) is 0 Å². The lowest BCUT2D eigenvalue weighted by atomic mass is 10.2. The Hall–Kier alpha value is -1.63. The SMILES string of the molecule is COc1ccc2cc(C(=O)OCCCCN3CCNCC3)sc2c1. The molecule has 3 rings (SSSR count). The number of methoxy groups -OCH3 is 1. The third-order valence-electron chi connectivity index (χ3n) is 4.24. The van der Waals surface area contributed by atoms with Crippen LogP contribution in [0.25, 0.3) is 10.1 Å². The van der Waals surface area contributed by atoms with Gasteiger partial charge in [0.25, 0.3) is 0 Å². The smallest absolute Gasteiger partial charge is 0.348 e. The second-order valence-electron chi connectivity index (χ2n) is 5.95. The van der Waals surface area contributed by atoms with E-state index in [1.807, 2.05) is 24.3 Å². The maximum absolute atomic E-state index is 12.2. The van der Waals surface area contributed by atoms with E-state index in [0.717, 1.165) is 61.4 Å². The third-order valence-corrected chi connectivity index (χ3v) is 5.32. The molecule has 1 aromatic heterocycles. The number of ether oxygens (including phenoxy) is 2. The zero-order valence-electron chi connectivity index (χ0n) is 14.0. The number of benzene rings is 1. The number of thiophene rings is 1. The average molecular weight is 348 g/mol. The van der Waals surface area contributed by atoms with Crippen molar-refractivity contribution in [2.24, 2.45) is 0 Å². The Morgan fingerprint density at radius 2 is 2.08 bits per heavy atom. The topological polar surface area (TPSA) is 50.8 Å². The maximum atomic E-state index is 12.2. The Labute approximate surface area is 146 Å². The van der Waals surface area contributed by atoms with Crippen molar-refractivity contribution in [2.45, 2.75) is 12.8 Å². The van der Waals surface area contributed by atoms with Crippen molar-refractivity contribution in [3.05, 3.63) is 29.1 Å². The van der Waals surface area contributed by atoms with Crippen molar-refractivity contribution < 1.29 is 14.3 Å². The van der Waals surface area contributed by atoms with Gasteiger partial charge >= 0.3 is 5.97 Å². The molecule has 0 radical (unpaired) electrons. The number of unbranched alkanes of at least 4 members (excludes halogenated alkanes) is 1. The average Bonchev–Trinajstić information content (AvgIpc) is 3.05. The Morgan fingerprint density at radius 3 is 2.88 bits per heavy atom. The highest BCUT2D eigenvalue weighted by Gasteiger charge is 2.13. The highest BCUT2D eigenvalue weighted by molar-refractivity contribution is 7.20. The lowest BCUT2D eigenvalue weighted by Crippen LogP contribution is -2.43. The second kappa shape index (κ2) is 8.46. The minimum absolute atomic E-state index is 0.225. The quantitative estimate of drug-likeness (QED) is 0.616. The molecule has 2 heterocycles. The molecule has 24 heavy (non-hydrogen) atoms. The van der Waals surface area contributed by atoms with E-state index in [9.17, 15) is 4.79 Å². The van der Waals surface area contributed by atoms with E-state index < -0.39 is 0 Å². The van der Waals surface area contributed by atoms with Crippen LogP contribution in [0.2, 0.25) is 0 Å². The van der Waals surface area contributed by atoms with Crippen LogP contribution in [0.4, 0.5) is 0 Å². The molecule has 0 unspecified atom stereocenters. The van der Waals surface area contributed by atoms with E-state index in [2.05, 4.69) is 10.2 Å². The predicted molar refractivity (Wildman–Crippen MR) is 97.2 cm³/mol. The fourth-order valence-electron chi connectivity index (χ4n) is 2.85. The van der Waals surface area contributed by atoms with Gasteiger partial charge in [0.15, 0.2) is 0 Å². The molecule has 0 saturated carbocycles. The Morgan fingerprint density at radius 1 is 1.25 bits per heavy atom. The van der Waals surface area contributed by atoms with Gasteiger partial charge in [0.05, 0.1) is 13.7 Å². The number of carbonyl (C=O) groups is 1. The first-order valence-electron chi connectivity index (χ1n) is 8.44. The van der Waals surface area contributed by atoms with Gasteiger partial charge in [-0.15, -0.1) is 11.3 Å². The van der Waals surface area contributed by atoms with Crippen LogP contribution in [0.1, 0.15) is 22.5 Å². The predicted octanol–water partition coefficient (Wildman–Crippen LogP) is 2.75. The minimum atomic E-state index is -0.225. The standard InChI is InChI=1S/C18H24N2O3S/c1-22-15-5-4-14-12-17(24-16(14)13-15)18(21)23-11-3-2-8-20-9-6-19-7-10-20/h4-5,12-13,19H,2-3,6-11H2,1H3. The monoisotopic (exact) mass is 348 g/mol. The maximum Gasteiger partial charge on any atom is 0.348 e. The Balaban J connectivity index is 1.43. The van der Waals surface area contributed by atoms with Crippen LogP contribution in [0, 0.1) is 0 Å². The highest BCUT2D eigenvalue weighted by Crippen LogP contribution is 2.29. The number of esters is 1. The lowest BCUT2D eigenvalue weighted by molar-refractivity contribution is 0.0500. The highest BCUT2D eigenvalue weighted by atomic mass is 32.1. The molecule has 0 amide bonds. The van der Waals surface area contributed by atoms with Crippen LogP contribution in [-0.4, -0.2) is 57.3 Å². The minimum Gasteiger partial charge on any atom is -0.497 e.